The van der Waals surface area contributed by atoms with Gasteiger partial charge in [-0.1, -0.05) is 41.9 Å². The number of imidazole rings is 1. The second-order valence-electron chi connectivity index (χ2n) is 9.21. The van der Waals surface area contributed by atoms with Crippen LogP contribution in [-0.2, 0) is 4.79 Å². The average Bonchev–Trinajstić information content (AvgIpc) is 3.62. The molecule has 190 valence electrons. The summed E-state index contributed by atoms with van der Waals surface area (Å²) in [6.45, 7) is 0.567. The summed E-state index contributed by atoms with van der Waals surface area (Å²) in [6, 6.07) is 19.6. The molecule has 6 rings (SSSR count). The van der Waals surface area contributed by atoms with Gasteiger partial charge >= 0.3 is 0 Å². The van der Waals surface area contributed by atoms with Crippen LogP contribution in [0.1, 0.15) is 41.8 Å². The van der Waals surface area contributed by atoms with Crippen molar-refractivity contribution >= 4 is 34.6 Å². The maximum atomic E-state index is 13.9. The highest BCUT2D eigenvalue weighted by atomic mass is 35.5. The molecule has 1 N–H and O–H groups in total. The van der Waals surface area contributed by atoms with Crippen molar-refractivity contribution in [1.29, 1.82) is 0 Å². The van der Waals surface area contributed by atoms with Crippen molar-refractivity contribution in [3.8, 4) is 5.69 Å². The molecule has 0 bridgehead atoms. The molecular formula is C28H23ClFN7O. The minimum absolute atomic E-state index is 0.0238. The number of carbonyl (C=O) groups is 1. The summed E-state index contributed by atoms with van der Waals surface area (Å²) in [6.07, 6.45) is 6.49. The SMILES string of the molecule is O=C(C=Cc1cc(Cl)ccc1-n1cnnn1)N1CCC[C@@H](c2ccccc2)[C@H]1c1nc2cc(F)ccc2[nH]1. The smallest absolute Gasteiger partial charge is 0.247 e. The van der Waals surface area contributed by atoms with Gasteiger partial charge in [-0.2, -0.15) is 4.68 Å². The van der Waals surface area contributed by atoms with Crippen LogP contribution in [0.2, 0.25) is 5.02 Å². The number of hydrogen-bond acceptors (Lipinski definition) is 5. The van der Waals surface area contributed by atoms with Crippen LogP contribution in [0.3, 0.4) is 0 Å². The number of amides is 1. The van der Waals surface area contributed by atoms with Crippen LogP contribution in [0.5, 0.6) is 0 Å². The molecule has 0 spiro atoms. The summed E-state index contributed by atoms with van der Waals surface area (Å²) in [4.78, 5) is 23.7. The Hall–Kier alpha value is -4.37. The van der Waals surface area contributed by atoms with Gasteiger partial charge < -0.3 is 9.88 Å². The molecule has 0 aliphatic carbocycles. The Balaban J connectivity index is 1.38. The van der Waals surface area contributed by atoms with Crippen molar-refractivity contribution in [1.82, 2.24) is 35.1 Å². The first kappa shape index (κ1) is 24.0. The van der Waals surface area contributed by atoms with Crippen molar-refractivity contribution in [2.24, 2.45) is 0 Å². The molecule has 38 heavy (non-hydrogen) atoms. The van der Waals surface area contributed by atoms with E-state index in [-0.39, 0.29) is 23.7 Å². The largest absolute Gasteiger partial charge is 0.340 e. The number of rotatable bonds is 5. The number of fused-ring (bicyclic) bond motifs is 1. The molecule has 1 fully saturated rings. The Morgan fingerprint density at radius 1 is 1.11 bits per heavy atom. The van der Waals surface area contributed by atoms with Gasteiger partial charge in [0.25, 0.3) is 0 Å². The number of likely N-dealkylation sites (tertiary alicyclic amines) is 1. The zero-order valence-corrected chi connectivity index (χ0v) is 21.0. The number of carbonyl (C=O) groups excluding carboxylic acids is 1. The summed E-state index contributed by atoms with van der Waals surface area (Å²) in [5.74, 6) is 0.146. The average molecular weight is 528 g/mol. The third-order valence-corrected chi connectivity index (χ3v) is 7.11. The number of piperidine rings is 1. The van der Waals surface area contributed by atoms with E-state index in [1.807, 2.05) is 23.1 Å². The van der Waals surface area contributed by atoms with E-state index in [9.17, 15) is 9.18 Å². The Morgan fingerprint density at radius 3 is 2.79 bits per heavy atom. The molecule has 1 amide bonds. The summed E-state index contributed by atoms with van der Waals surface area (Å²) >= 11 is 6.25. The lowest BCUT2D eigenvalue weighted by Crippen LogP contribution is -2.41. The van der Waals surface area contributed by atoms with Gasteiger partial charge in [-0.25, -0.2) is 9.37 Å². The van der Waals surface area contributed by atoms with Crippen molar-refractivity contribution in [3.63, 3.8) is 0 Å². The van der Waals surface area contributed by atoms with E-state index in [0.29, 0.717) is 34.2 Å². The minimum atomic E-state index is -0.352. The van der Waals surface area contributed by atoms with Gasteiger partial charge in [0.05, 0.1) is 22.8 Å². The number of aromatic amines is 1. The monoisotopic (exact) mass is 527 g/mol. The molecule has 2 atom stereocenters. The van der Waals surface area contributed by atoms with Crippen molar-refractivity contribution in [2.75, 3.05) is 6.54 Å². The molecule has 5 aromatic rings. The third-order valence-electron chi connectivity index (χ3n) is 6.88. The molecule has 2 aromatic heterocycles. The second kappa shape index (κ2) is 10.2. The number of nitrogens with one attached hydrogen (secondary N) is 1. The van der Waals surface area contributed by atoms with Gasteiger partial charge in [-0.05, 0) is 65.2 Å². The first-order chi connectivity index (χ1) is 18.6. The lowest BCUT2D eigenvalue weighted by Gasteiger charge is -2.40. The Bertz CT molecular complexity index is 1620. The highest BCUT2D eigenvalue weighted by Gasteiger charge is 2.37. The van der Waals surface area contributed by atoms with Crippen molar-refractivity contribution in [3.05, 3.63) is 107 Å². The molecule has 0 saturated carbocycles. The molecule has 1 aliphatic heterocycles. The van der Waals surface area contributed by atoms with Crippen LogP contribution in [0.25, 0.3) is 22.8 Å². The van der Waals surface area contributed by atoms with Gasteiger partial charge in [0.2, 0.25) is 5.91 Å². The predicted molar refractivity (Wildman–Crippen MR) is 142 cm³/mol. The van der Waals surface area contributed by atoms with E-state index in [1.165, 1.54) is 23.1 Å². The van der Waals surface area contributed by atoms with Crippen LogP contribution in [0.15, 0.2) is 79.1 Å². The number of aromatic nitrogens is 6. The first-order valence-electron chi connectivity index (χ1n) is 12.3. The van der Waals surface area contributed by atoms with E-state index >= 15 is 0 Å². The molecule has 3 heterocycles. The number of H-pyrrole nitrogens is 1. The number of nitrogens with zero attached hydrogens (tertiary/aromatic N) is 6. The van der Waals surface area contributed by atoms with Crippen LogP contribution in [0.4, 0.5) is 4.39 Å². The van der Waals surface area contributed by atoms with E-state index < -0.39 is 0 Å². The molecule has 10 heteroatoms. The predicted octanol–water partition coefficient (Wildman–Crippen LogP) is 5.49. The fourth-order valence-electron chi connectivity index (χ4n) is 5.17. The summed E-state index contributed by atoms with van der Waals surface area (Å²) in [7, 11) is 0. The molecule has 1 saturated heterocycles. The maximum Gasteiger partial charge on any atom is 0.247 e. The molecule has 8 nitrogen and oxygen atoms in total. The standard InChI is InChI=1S/C28H23ClFN7O/c29-20-9-12-25(37-17-31-34-35-37)19(15-20)8-13-26(38)36-14-4-7-22(18-5-2-1-3-6-18)27(36)28-32-23-11-10-21(30)16-24(23)33-28/h1-3,5-6,8-13,15-17,22,27H,4,7,14H2,(H,32,33)/t22-,27-/m0/s1. The Kier molecular flexibility index (Phi) is 6.43. The highest BCUT2D eigenvalue weighted by Crippen LogP contribution is 2.42. The van der Waals surface area contributed by atoms with Gasteiger partial charge in [0, 0.05) is 35.2 Å². The van der Waals surface area contributed by atoms with E-state index in [0.717, 1.165) is 23.9 Å². The van der Waals surface area contributed by atoms with Gasteiger partial charge in [-0.15, -0.1) is 5.10 Å². The van der Waals surface area contributed by atoms with Gasteiger partial charge in [0.1, 0.15) is 18.0 Å². The zero-order valence-electron chi connectivity index (χ0n) is 20.2. The second-order valence-corrected chi connectivity index (χ2v) is 9.65. The number of halogens is 2. The lowest BCUT2D eigenvalue weighted by molar-refractivity contribution is -0.130. The molecule has 0 radical (unpaired) electrons. The topological polar surface area (TPSA) is 92.6 Å². The zero-order chi connectivity index (χ0) is 26.1. The summed E-state index contributed by atoms with van der Waals surface area (Å²) < 4.78 is 15.4. The van der Waals surface area contributed by atoms with Crippen LogP contribution < -0.4 is 0 Å². The van der Waals surface area contributed by atoms with E-state index in [4.69, 9.17) is 16.6 Å². The first-order valence-corrected chi connectivity index (χ1v) is 12.7. The van der Waals surface area contributed by atoms with Crippen LogP contribution in [-0.4, -0.2) is 47.5 Å². The number of hydrogen-bond donors (Lipinski definition) is 1. The highest BCUT2D eigenvalue weighted by molar-refractivity contribution is 6.30. The quantitative estimate of drug-likeness (QED) is 0.305. The van der Waals surface area contributed by atoms with Gasteiger partial charge in [0.15, 0.2) is 0 Å². The summed E-state index contributed by atoms with van der Waals surface area (Å²) in [5.41, 5.74) is 3.78. The Morgan fingerprint density at radius 2 is 1.97 bits per heavy atom. The minimum Gasteiger partial charge on any atom is -0.340 e. The van der Waals surface area contributed by atoms with Gasteiger partial charge in [-0.3, -0.25) is 4.79 Å². The van der Waals surface area contributed by atoms with Crippen molar-refractivity contribution in [2.45, 2.75) is 24.8 Å². The van der Waals surface area contributed by atoms with E-state index in [2.05, 4.69) is 32.6 Å². The molecule has 1 aliphatic rings. The maximum absolute atomic E-state index is 13.9. The fraction of sp³-hybridized carbons (Fsp3) is 0.179. The molecule has 0 unspecified atom stereocenters. The lowest BCUT2D eigenvalue weighted by atomic mass is 9.83. The number of benzene rings is 3. The van der Waals surface area contributed by atoms with Crippen molar-refractivity contribution < 1.29 is 9.18 Å². The number of tetrazole rings is 1. The summed E-state index contributed by atoms with van der Waals surface area (Å²) in [5, 5.41) is 11.9. The molecule has 3 aromatic carbocycles. The third kappa shape index (κ3) is 4.68. The van der Waals surface area contributed by atoms with Crippen LogP contribution in [0, 0.1) is 5.82 Å². The van der Waals surface area contributed by atoms with E-state index in [1.54, 1.807) is 36.4 Å². The molecular weight excluding hydrogens is 505 g/mol. The fourth-order valence-corrected chi connectivity index (χ4v) is 5.35. The normalized spacial score (nSPS) is 17.9. The Labute approximate surface area is 222 Å². The van der Waals surface area contributed by atoms with Crippen LogP contribution >= 0.6 is 11.6 Å².